The number of hydrogen-bond acceptors (Lipinski definition) is 3. The van der Waals surface area contributed by atoms with E-state index in [1.54, 1.807) is 29.7 Å². The molecule has 2 aromatic carbocycles. The highest BCUT2D eigenvalue weighted by molar-refractivity contribution is 5.86. The third kappa shape index (κ3) is 3.62. The van der Waals surface area contributed by atoms with Gasteiger partial charge in [0.1, 0.15) is 12.4 Å². The SMILES string of the molecule is C#CCOc1ccc(C(C(=O)NO)c2ccccc2)cc1. The summed E-state index contributed by atoms with van der Waals surface area (Å²) in [5, 5.41) is 8.95. The molecule has 4 nitrogen and oxygen atoms in total. The minimum absolute atomic E-state index is 0.193. The minimum Gasteiger partial charge on any atom is -0.481 e. The van der Waals surface area contributed by atoms with E-state index in [0.29, 0.717) is 5.75 Å². The smallest absolute Gasteiger partial charge is 0.255 e. The van der Waals surface area contributed by atoms with Crippen molar-refractivity contribution in [1.29, 1.82) is 0 Å². The molecule has 1 unspecified atom stereocenters. The molecule has 21 heavy (non-hydrogen) atoms. The second-order valence-corrected chi connectivity index (χ2v) is 4.38. The van der Waals surface area contributed by atoms with Gasteiger partial charge in [0.25, 0.3) is 5.91 Å². The Morgan fingerprint density at radius 3 is 2.33 bits per heavy atom. The molecule has 0 radical (unpaired) electrons. The highest BCUT2D eigenvalue weighted by Gasteiger charge is 2.22. The predicted octanol–water partition coefficient (Wildman–Crippen LogP) is 2.34. The van der Waals surface area contributed by atoms with E-state index in [2.05, 4.69) is 5.92 Å². The van der Waals surface area contributed by atoms with Crippen LogP contribution in [0.4, 0.5) is 0 Å². The summed E-state index contributed by atoms with van der Waals surface area (Å²) in [5.74, 6) is 1.95. The van der Waals surface area contributed by atoms with E-state index >= 15 is 0 Å². The molecule has 0 spiro atoms. The van der Waals surface area contributed by atoms with Gasteiger partial charge in [0.15, 0.2) is 0 Å². The van der Waals surface area contributed by atoms with Gasteiger partial charge in [0, 0.05) is 0 Å². The first-order valence-electron chi connectivity index (χ1n) is 6.41. The second kappa shape index (κ2) is 7.13. The topological polar surface area (TPSA) is 58.6 Å². The Hall–Kier alpha value is -2.77. The lowest BCUT2D eigenvalue weighted by atomic mass is 9.91. The van der Waals surface area contributed by atoms with E-state index in [1.807, 2.05) is 30.3 Å². The minimum atomic E-state index is -0.585. The first-order valence-corrected chi connectivity index (χ1v) is 6.41. The number of terminal acetylenes is 1. The molecule has 0 fully saturated rings. The van der Waals surface area contributed by atoms with E-state index in [1.165, 1.54) is 0 Å². The van der Waals surface area contributed by atoms with Gasteiger partial charge in [-0.3, -0.25) is 10.0 Å². The zero-order chi connectivity index (χ0) is 15.1. The molecule has 2 aromatic rings. The lowest BCUT2D eigenvalue weighted by molar-refractivity contribution is -0.129. The monoisotopic (exact) mass is 281 g/mol. The number of rotatable bonds is 5. The number of carbonyl (C=O) groups excluding carboxylic acids is 1. The van der Waals surface area contributed by atoms with Crippen molar-refractivity contribution in [2.24, 2.45) is 0 Å². The van der Waals surface area contributed by atoms with E-state index in [9.17, 15) is 4.79 Å². The molecule has 0 aliphatic carbocycles. The van der Waals surface area contributed by atoms with E-state index in [0.717, 1.165) is 11.1 Å². The van der Waals surface area contributed by atoms with Crippen LogP contribution >= 0.6 is 0 Å². The second-order valence-electron chi connectivity index (χ2n) is 4.38. The lowest BCUT2D eigenvalue weighted by Crippen LogP contribution is -2.27. The fourth-order valence-corrected chi connectivity index (χ4v) is 2.09. The number of hydroxylamine groups is 1. The number of hydrogen-bond donors (Lipinski definition) is 2. The Morgan fingerprint density at radius 1 is 1.14 bits per heavy atom. The van der Waals surface area contributed by atoms with Gasteiger partial charge in [0.2, 0.25) is 0 Å². The zero-order valence-corrected chi connectivity index (χ0v) is 11.3. The molecule has 0 saturated heterocycles. The first-order chi connectivity index (χ1) is 10.3. The van der Waals surface area contributed by atoms with Gasteiger partial charge >= 0.3 is 0 Å². The van der Waals surface area contributed by atoms with Gasteiger partial charge in [-0.15, -0.1) is 6.42 Å². The molecule has 0 aliphatic rings. The third-order valence-electron chi connectivity index (χ3n) is 3.04. The van der Waals surface area contributed by atoms with Crippen molar-refractivity contribution < 1.29 is 14.7 Å². The summed E-state index contributed by atoms with van der Waals surface area (Å²) in [4.78, 5) is 12.0. The van der Waals surface area contributed by atoms with Gasteiger partial charge in [-0.05, 0) is 23.3 Å². The van der Waals surface area contributed by atoms with Gasteiger partial charge in [-0.1, -0.05) is 48.4 Å². The molecule has 106 valence electrons. The van der Waals surface area contributed by atoms with Crippen molar-refractivity contribution in [2.75, 3.05) is 6.61 Å². The van der Waals surface area contributed by atoms with E-state index < -0.39 is 11.8 Å². The van der Waals surface area contributed by atoms with Crippen molar-refractivity contribution in [3.8, 4) is 18.1 Å². The van der Waals surface area contributed by atoms with Crippen LogP contribution in [0.25, 0.3) is 0 Å². The maximum absolute atomic E-state index is 12.0. The van der Waals surface area contributed by atoms with Crippen molar-refractivity contribution in [3.63, 3.8) is 0 Å². The average molecular weight is 281 g/mol. The number of nitrogens with one attached hydrogen (secondary N) is 1. The molecule has 0 aromatic heterocycles. The molecular formula is C17H15NO3. The predicted molar refractivity (Wildman–Crippen MR) is 79.0 cm³/mol. The molecule has 0 bridgehead atoms. The Bertz CT molecular complexity index is 629. The normalized spacial score (nSPS) is 11.2. The van der Waals surface area contributed by atoms with Crippen LogP contribution < -0.4 is 10.2 Å². The summed E-state index contributed by atoms with van der Waals surface area (Å²) >= 11 is 0. The van der Waals surface area contributed by atoms with Crippen molar-refractivity contribution in [3.05, 3.63) is 65.7 Å². The van der Waals surface area contributed by atoms with Gasteiger partial charge in [-0.2, -0.15) is 0 Å². The summed E-state index contributed by atoms with van der Waals surface area (Å²) in [6.07, 6.45) is 5.13. The molecule has 2 N–H and O–H groups in total. The number of carbonyl (C=O) groups is 1. The maximum Gasteiger partial charge on any atom is 0.255 e. The van der Waals surface area contributed by atoms with Crippen LogP contribution in [0.2, 0.25) is 0 Å². The van der Waals surface area contributed by atoms with Crippen LogP contribution in [-0.2, 0) is 4.79 Å². The summed E-state index contributed by atoms with van der Waals surface area (Å²) in [5.41, 5.74) is 3.26. The Kier molecular flexibility index (Phi) is 4.97. The molecular weight excluding hydrogens is 266 g/mol. The maximum atomic E-state index is 12.0. The van der Waals surface area contributed by atoms with Crippen molar-refractivity contribution >= 4 is 5.91 Å². The van der Waals surface area contributed by atoms with Crippen molar-refractivity contribution in [1.82, 2.24) is 5.48 Å². The van der Waals surface area contributed by atoms with Crippen LogP contribution in [0.1, 0.15) is 17.0 Å². The molecule has 0 heterocycles. The molecule has 2 rings (SSSR count). The van der Waals surface area contributed by atoms with Crippen LogP contribution in [-0.4, -0.2) is 17.7 Å². The van der Waals surface area contributed by atoms with Gasteiger partial charge in [-0.25, -0.2) is 5.48 Å². The molecule has 0 aliphatic heterocycles. The van der Waals surface area contributed by atoms with E-state index in [-0.39, 0.29) is 6.61 Å². The largest absolute Gasteiger partial charge is 0.481 e. The Labute approximate surface area is 123 Å². The highest BCUT2D eigenvalue weighted by atomic mass is 16.5. The third-order valence-corrected chi connectivity index (χ3v) is 3.04. The first kappa shape index (κ1) is 14.6. The van der Waals surface area contributed by atoms with Crippen LogP contribution in [0.3, 0.4) is 0 Å². The highest BCUT2D eigenvalue weighted by Crippen LogP contribution is 2.26. The molecule has 1 amide bonds. The van der Waals surface area contributed by atoms with E-state index in [4.69, 9.17) is 16.4 Å². The number of ether oxygens (including phenoxy) is 1. The summed E-state index contributed by atoms with van der Waals surface area (Å²) < 4.78 is 5.30. The standard InChI is InChI=1S/C17H15NO3/c1-2-12-21-15-10-8-14(9-11-15)16(17(19)18-20)13-6-4-3-5-7-13/h1,3-11,16,20H,12H2,(H,18,19). The van der Waals surface area contributed by atoms with Crippen LogP contribution in [0.5, 0.6) is 5.75 Å². The zero-order valence-electron chi connectivity index (χ0n) is 11.3. The number of benzene rings is 2. The van der Waals surface area contributed by atoms with Crippen LogP contribution in [0.15, 0.2) is 54.6 Å². The number of amides is 1. The Morgan fingerprint density at radius 2 is 1.76 bits per heavy atom. The summed E-state index contributed by atoms with van der Waals surface area (Å²) in [6.45, 7) is 0.193. The molecule has 1 atom stereocenters. The molecule has 4 heteroatoms. The average Bonchev–Trinajstić information content (AvgIpc) is 2.55. The Balaban J connectivity index is 2.30. The van der Waals surface area contributed by atoms with Crippen molar-refractivity contribution in [2.45, 2.75) is 5.92 Å². The van der Waals surface area contributed by atoms with Gasteiger partial charge < -0.3 is 4.74 Å². The molecule has 0 saturated carbocycles. The quantitative estimate of drug-likeness (QED) is 0.502. The van der Waals surface area contributed by atoms with Crippen LogP contribution in [0, 0.1) is 12.3 Å². The van der Waals surface area contributed by atoms with Gasteiger partial charge in [0.05, 0.1) is 5.92 Å². The summed E-state index contributed by atoms with van der Waals surface area (Å²) in [6, 6.07) is 16.3. The fourth-order valence-electron chi connectivity index (χ4n) is 2.09. The fraction of sp³-hybridized carbons (Fsp3) is 0.118. The lowest BCUT2D eigenvalue weighted by Gasteiger charge is -2.16. The summed E-state index contributed by atoms with van der Waals surface area (Å²) in [7, 11) is 0.